The number of rotatable bonds is 5. The summed E-state index contributed by atoms with van der Waals surface area (Å²) in [6.07, 6.45) is 0. The van der Waals surface area contributed by atoms with Crippen molar-refractivity contribution in [3.8, 4) is 0 Å². The molecule has 1 aliphatic rings. The maximum atomic E-state index is 12.4. The van der Waals surface area contributed by atoms with Crippen molar-refractivity contribution in [1.82, 2.24) is 20.3 Å². The van der Waals surface area contributed by atoms with Crippen molar-refractivity contribution in [2.45, 2.75) is 13.1 Å². The molecule has 144 valence electrons. The molecule has 1 fully saturated rings. The summed E-state index contributed by atoms with van der Waals surface area (Å²) >= 11 is 1.99. The zero-order valence-corrected chi connectivity index (χ0v) is 16.2. The van der Waals surface area contributed by atoms with Crippen LogP contribution in [-0.4, -0.2) is 45.5 Å². The molecule has 0 bridgehead atoms. The molecule has 2 aromatic carbocycles. The van der Waals surface area contributed by atoms with Crippen LogP contribution in [0.5, 0.6) is 0 Å². The van der Waals surface area contributed by atoms with Gasteiger partial charge in [-0.3, -0.25) is 9.59 Å². The van der Waals surface area contributed by atoms with E-state index in [0.717, 1.165) is 34.8 Å². The highest BCUT2D eigenvalue weighted by Crippen LogP contribution is 2.19. The lowest BCUT2D eigenvalue weighted by Gasteiger charge is -2.28. The van der Waals surface area contributed by atoms with Crippen LogP contribution in [0.2, 0.25) is 0 Å². The normalized spacial score (nSPS) is 14.2. The van der Waals surface area contributed by atoms with Crippen LogP contribution in [0.1, 0.15) is 5.56 Å². The SMILES string of the molecule is O=C(Cn1nnc2ccccc2c1=O)NCc1ccc(N2CCSCC2)cc1. The fourth-order valence-corrected chi connectivity index (χ4v) is 4.07. The molecular weight excluding hydrogens is 374 g/mol. The van der Waals surface area contributed by atoms with E-state index in [4.69, 9.17) is 0 Å². The van der Waals surface area contributed by atoms with Gasteiger partial charge in [0, 0.05) is 36.8 Å². The van der Waals surface area contributed by atoms with Crippen molar-refractivity contribution in [1.29, 1.82) is 0 Å². The van der Waals surface area contributed by atoms with E-state index in [1.54, 1.807) is 24.3 Å². The number of anilines is 1. The van der Waals surface area contributed by atoms with Crippen molar-refractivity contribution in [3.05, 3.63) is 64.4 Å². The van der Waals surface area contributed by atoms with Crippen molar-refractivity contribution >= 4 is 34.3 Å². The molecule has 1 N–H and O–H groups in total. The van der Waals surface area contributed by atoms with Gasteiger partial charge in [-0.2, -0.15) is 11.8 Å². The molecular formula is C20H21N5O2S. The molecule has 3 aromatic rings. The highest BCUT2D eigenvalue weighted by atomic mass is 32.2. The molecule has 0 atom stereocenters. The summed E-state index contributed by atoms with van der Waals surface area (Å²) in [5.74, 6) is 2.05. The van der Waals surface area contributed by atoms with Gasteiger partial charge in [-0.05, 0) is 29.8 Å². The molecule has 0 radical (unpaired) electrons. The number of thioether (sulfide) groups is 1. The van der Waals surface area contributed by atoms with Crippen LogP contribution >= 0.6 is 11.8 Å². The van der Waals surface area contributed by atoms with E-state index in [2.05, 4.69) is 32.7 Å². The quantitative estimate of drug-likeness (QED) is 0.708. The number of fused-ring (bicyclic) bond motifs is 1. The maximum absolute atomic E-state index is 12.4. The highest BCUT2D eigenvalue weighted by Gasteiger charge is 2.12. The minimum atomic E-state index is -0.315. The molecule has 8 heteroatoms. The molecule has 28 heavy (non-hydrogen) atoms. The molecule has 1 aromatic heterocycles. The Hall–Kier alpha value is -2.87. The standard InChI is InChI=1S/C20H21N5O2S/c26-19(14-25-20(27)17-3-1-2-4-18(17)22-23-25)21-13-15-5-7-16(8-6-15)24-9-11-28-12-10-24/h1-8H,9-14H2,(H,21,26). The van der Waals surface area contributed by atoms with Crippen LogP contribution in [0.4, 0.5) is 5.69 Å². The van der Waals surface area contributed by atoms with Crippen molar-refractivity contribution in [2.75, 3.05) is 29.5 Å². The molecule has 4 rings (SSSR count). The monoisotopic (exact) mass is 395 g/mol. The summed E-state index contributed by atoms with van der Waals surface area (Å²) in [7, 11) is 0. The van der Waals surface area contributed by atoms with E-state index in [1.807, 2.05) is 23.9 Å². The summed E-state index contributed by atoms with van der Waals surface area (Å²) in [5.41, 5.74) is 2.44. The zero-order chi connectivity index (χ0) is 19.3. The first-order chi connectivity index (χ1) is 13.7. The molecule has 0 aliphatic carbocycles. The Kier molecular flexibility index (Phi) is 5.57. The summed E-state index contributed by atoms with van der Waals surface area (Å²) in [6.45, 7) is 2.40. The van der Waals surface area contributed by atoms with Crippen LogP contribution in [0, 0.1) is 0 Å². The lowest BCUT2D eigenvalue weighted by atomic mass is 10.2. The average Bonchev–Trinajstić information content (AvgIpc) is 2.75. The van der Waals surface area contributed by atoms with E-state index >= 15 is 0 Å². The lowest BCUT2D eigenvalue weighted by molar-refractivity contribution is -0.122. The third-order valence-electron chi connectivity index (χ3n) is 4.72. The van der Waals surface area contributed by atoms with Crippen LogP contribution < -0.4 is 15.8 Å². The van der Waals surface area contributed by atoms with Gasteiger partial charge >= 0.3 is 0 Å². The first kappa shape index (κ1) is 18.5. The Morgan fingerprint density at radius 2 is 1.82 bits per heavy atom. The number of nitrogens with zero attached hydrogens (tertiary/aromatic N) is 4. The van der Waals surface area contributed by atoms with Crippen LogP contribution in [0.3, 0.4) is 0 Å². The van der Waals surface area contributed by atoms with Gasteiger partial charge in [-0.15, -0.1) is 5.10 Å². The first-order valence-corrected chi connectivity index (χ1v) is 10.4. The second-order valence-electron chi connectivity index (χ2n) is 6.61. The molecule has 1 saturated heterocycles. The number of aromatic nitrogens is 3. The Balaban J connectivity index is 1.35. The molecule has 7 nitrogen and oxygen atoms in total. The number of carbonyl (C=O) groups excluding carboxylic acids is 1. The molecule has 0 spiro atoms. The maximum Gasteiger partial charge on any atom is 0.278 e. The van der Waals surface area contributed by atoms with Gasteiger partial charge in [-0.25, -0.2) is 4.68 Å². The summed E-state index contributed by atoms with van der Waals surface area (Å²) < 4.78 is 1.09. The van der Waals surface area contributed by atoms with E-state index in [-0.39, 0.29) is 18.0 Å². The van der Waals surface area contributed by atoms with Gasteiger partial charge in [0.05, 0.1) is 5.39 Å². The fourth-order valence-electron chi connectivity index (χ4n) is 3.17. The highest BCUT2D eigenvalue weighted by molar-refractivity contribution is 7.99. The van der Waals surface area contributed by atoms with Crippen molar-refractivity contribution < 1.29 is 4.79 Å². The second-order valence-corrected chi connectivity index (χ2v) is 7.84. The summed E-state index contributed by atoms with van der Waals surface area (Å²) in [4.78, 5) is 27.0. The van der Waals surface area contributed by atoms with Gasteiger partial charge in [0.2, 0.25) is 5.91 Å². The summed E-state index contributed by atoms with van der Waals surface area (Å²) in [6, 6.07) is 15.2. The molecule has 2 heterocycles. The molecule has 0 unspecified atom stereocenters. The number of benzene rings is 2. The van der Waals surface area contributed by atoms with E-state index < -0.39 is 0 Å². The van der Waals surface area contributed by atoms with Gasteiger partial charge in [0.25, 0.3) is 5.56 Å². The lowest BCUT2D eigenvalue weighted by Crippen LogP contribution is -2.34. The van der Waals surface area contributed by atoms with E-state index in [9.17, 15) is 9.59 Å². The zero-order valence-electron chi connectivity index (χ0n) is 15.4. The van der Waals surface area contributed by atoms with Gasteiger partial charge in [-0.1, -0.05) is 29.5 Å². The number of carbonyl (C=O) groups is 1. The number of hydrogen-bond donors (Lipinski definition) is 1. The van der Waals surface area contributed by atoms with E-state index in [0.29, 0.717) is 17.4 Å². The van der Waals surface area contributed by atoms with E-state index in [1.165, 1.54) is 5.69 Å². The largest absolute Gasteiger partial charge is 0.370 e. The molecule has 1 amide bonds. The Labute approximate surface area is 166 Å². The van der Waals surface area contributed by atoms with Gasteiger partial charge < -0.3 is 10.2 Å². The number of amides is 1. The van der Waals surface area contributed by atoms with Gasteiger partial charge in [0.1, 0.15) is 12.1 Å². The second kappa shape index (κ2) is 8.43. The minimum Gasteiger partial charge on any atom is -0.370 e. The Bertz CT molecular complexity index is 1030. The van der Waals surface area contributed by atoms with Gasteiger partial charge in [0.15, 0.2) is 0 Å². The third-order valence-corrected chi connectivity index (χ3v) is 5.67. The van der Waals surface area contributed by atoms with Crippen LogP contribution in [0.15, 0.2) is 53.3 Å². The third kappa shape index (κ3) is 4.17. The Morgan fingerprint density at radius 1 is 1.07 bits per heavy atom. The number of hydrogen-bond acceptors (Lipinski definition) is 6. The number of nitrogens with one attached hydrogen (secondary N) is 1. The predicted octanol–water partition coefficient (Wildman–Crippen LogP) is 1.66. The fraction of sp³-hybridized carbons (Fsp3) is 0.300. The van der Waals surface area contributed by atoms with Crippen LogP contribution in [0.25, 0.3) is 10.9 Å². The minimum absolute atomic E-state index is 0.153. The first-order valence-electron chi connectivity index (χ1n) is 9.21. The average molecular weight is 395 g/mol. The van der Waals surface area contributed by atoms with Crippen molar-refractivity contribution in [2.24, 2.45) is 0 Å². The smallest absolute Gasteiger partial charge is 0.278 e. The molecule has 1 aliphatic heterocycles. The Morgan fingerprint density at radius 3 is 2.61 bits per heavy atom. The predicted molar refractivity (Wildman–Crippen MR) is 112 cm³/mol. The summed E-state index contributed by atoms with van der Waals surface area (Å²) in [5, 5.41) is 11.1. The molecule has 0 saturated carbocycles. The topological polar surface area (TPSA) is 80.1 Å². The van der Waals surface area contributed by atoms with Crippen molar-refractivity contribution in [3.63, 3.8) is 0 Å². The van der Waals surface area contributed by atoms with Crippen LogP contribution in [-0.2, 0) is 17.9 Å².